The molecule has 0 spiro atoms. The van der Waals surface area contributed by atoms with Crippen LogP contribution in [0.1, 0.15) is 4.88 Å². The topological polar surface area (TPSA) is 47.7 Å². The summed E-state index contributed by atoms with van der Waals surface area (Å²) in [6.45, 7) is 0.733. The van der Waals surface area contributed by atoms with Crippen LogP contribution in [0, 0.1) is 0 Å². The molecule has 0 saturated carbocycles. The van der Waals surface area contributed by atoms with Gasteiger partial charge in [-0.25, -0.2) is 0 Å². The van der Waals surface area contributed by atoms with Crippen LogP contribution in [-0.2, 0) is 6.54 Å². The van der Waals surface area contributed by atoms with E-state index in [0.717, 1.165) is 16.6 Å². The molecule has 2 N–H and O–H groups in total. The maximum absolute atomic E-state index is 6.08. The molecule has 0 aliphatic heterocycles. The molecule has 0 amide bonds. The molecule has 0 radical (unpaired) electrons. The standard InChI is InChI=1S/C14H17ClN2O2S/c1-17(8-9-4-5-14(15)20-9)11-7-13(19-3)12(18-2)6-10(11)16/h4-7H,8,16H2,1-3H3. The lowest BCUT2D eigenvalue weighted by Crippen LogP contribution is -2.17. The Kier molecular flexibility index (Phi) is 4.62. The van der Waals surface area contributed by atoms with E-state index in [1.54, 1.807) is 31.6 Å². The summed E-state index contributed by atoms with van der Waals surface area (Å²) in [5, 5.41) is 0. The smallest absolute Gasteiger partial charge is 0.162 e. The average molecular weight is 313 g/mol. The fourth-order valence-corrected chi connectivity index (χ4v) is 3.11. The van der Waals surface area contributed by atoms with Crippen LogP contribution >= 0.6 is 22.9 Å². The molecule has 0 atom stereocenters. The van der Waals surface area contributed by atoms with Gasteiger partial charge in [0.25, 0.3) is 0 Å². The van der Waals surface area contributed by atoms with E-state index in [9.17, 15) is 0 Å². The number of anilines is 2. The molecule has 108 valence electrons. The SMILES string of the molecule is COc1cc(N)c(N(C)Cc2ccc(Cl)s2)cc1OC. The van der Waals surface area contributed by atoms with Gasteiger partial charge in [-0.1, -0.05) is 11.6 Å². The minimum absolute atomic E-state index is 0.626. The van der Waals surface area contributed by atoms with Gasteiger partial charge >= 0.3 is 0 Å². The van der Waals surface area contributed by atoms with Crippen LogP contribution in [0.5, 0.6) is 11.5 Å². The van der Waals surface area contributed by atoms with E-state index in [0.29, 0.717) is 17.2 Å². The zero-order valence-corrected chi connectivity index (χ0v) is 13.2. The lowest BCUT2D eigenvalue weighted by molar-refractivity contribution is 0.355. The zero-order valence-electron chi connectivity index (χ0n) is 11.6. The lowest BCUT2D eigenvalue weighted by Gasteiger charge is -2.22. The summed E-state index contributed by atoms with van der Waals surface area (Å²) in [6.07, 6.45) is 0. The van der Waals surface area contributed by atoms with Gasteiger partial charge in [0.1, 0.15) is 0 Å². The van der Waals surface area contributed by atoms with Gasteiger partial charge in [-0.2, -0.15) is 0 Å². The van der Waals surface area contributed by atoms with Crippen LogP contribution in [0.25, 0.3) is 0 Å². The van der Waals surface area contributed by atoms with Crippen molar-refractivity contribution >= 4 is 34.3 Å². The van der Waals surface area contributed by atoms with E-state index in [1.807, 2.05) is 25.2 Å². The number of ether oxygens (including phenoxy) is 2. The van der Waals surface area contributed by atoms with Gasteiger partial charge in [0, 0.05) is 24.1 Å². The number of halogens is 1. The molecule has 1 aromatic carbocycles. The van der Waals surface area contributed by atoms with Gasteiger partial charge in [-0.05, 0) is 12.1 Å². The van der Waals surface area contributed by atoms with Crippen LogP contribution in [-0.4, -0.2) is 21.3 Å². The number of nitrogens with zero attached hydrogens (tertiary/aromatic N) is 1. The fraction of sp³-hybridized carbons (Fsp3) is 0.286. The van der Waals surface area contributed by atoms with E-state index >= 15 is 0 Å². The first-order valence-electron chi connectivity index (χ1n) is 6.02. The van der Waals surface area contributed by atoms with E-state index in [1.165, 1.54) is 4.88 Å². The van der Waals surface area contributed by atoms with E-state index in [4.69, 9.17) is 26.8 Å². The molecule has 0 unspecified atom stereocenters. The Morgan fingerprint density at radius 1 is 1.20 bits per heavy atom. The number of hydrogen-bond acceptors (Lipinski definition) is 5. The Hall–Kier alpha value is -1.59. The molecular formula is C14H17ClN2O2S. The van der Waals surface area contributed by atoms with E-state index < -0.39 is 0 Å². The second-order valence-electron chi connectivity index (χ2n) is 4.33. The molecule has 0 aliphatic carbocycles. The summed E-state index contributed by atoms with van der Waals surface area (Å²) in [6, 6.07) is 7.56. The average Bonchev–Trinajstić information content (AvgIpc) is 2.83. The quantitative estimate of drug-likeness (QED) is 0.856. The largest absolute Gasteiger partial charge is 0.493 e. The first kappa shape index (κ1) is 14.8. The molecule has 1 heterocycles. The van der Waals surface area contributed by atoms with E-state index in [-0.39, 0.29) is 0 Å². The highest BCUT2D eigenvalue weighted by atomic mass is 35.5. The van der Waals surface area contributed by atoms with Crippen LogP contribution in [0.4, 0.5) is 11.4 Å². The van der Waals surface area contributed by atoms with Crippen molar-refractivity contribution in [2.75, 3.05) is 31.9 Å². The summed E-state index contributed by atoms with van der Waals surface area (Å²) in [5.74, 6) is 1.29. The monoisotopic (exact) mass is 312 g/mol. The Morgan fingerprint density at radius 2 is 1.85 bits per heavy atom. The normalized spacial score (nSPS) is 10.4. The van der Waals surface area contributed by atoms with Crippen molar-refractivity contribution in [1.29, 1.82) is 0 Å². The number of hydrogen-bond donors (Lipinski definition) is 1. The molecule has 1 aromatic heterocycles. The highest BCUT2D eigenvalue weighted by molar-refractivity contribution is 7.16. The van der Waals surface area contributed by atoms with E-state index in [2.05, 4.69) is 4.90 Å². The van der Waals surface area contributed by atoms with Crippen LogP contribution in [0.2, 0.25) is 4.34 Å². The van der Waals surface area contributed by atoms with Crippen molar-refractivity contribution in [3.05, 3.63) is 33.5 Å². The second kappa shape index (κ2) is 6.24. The fourth-order valence-electron chi connectivity index (χ4n) is 1.97. The third kappa shape index (κ3) is 3.11. The van der Waals surface area contributed by atoms with Gasteiger partial charge in [-0.3, -0.25) is 0 Å². The number of benzene rings is 1. The summed E-state index contributed by atoms with van der Waals surface area (Å²) in [5.41, 5.74) is 7.62. The number of rotatable bonds is 5. The second-order valence-corrected chi connectivity index (χ2v) is 6.13. The van der Waals surface area contributed by atoms with Crippen molar-refractivity contribution in [2.45, 2.75) is 6.54 Å². The Balaban J connectivity index is 2.27. The molecule has 0 aliphatic rings. The third-order valence-corrected chi connectivity index (χ3v) is 4.18. The van der Waals surface area contributed by atoms with Crippen molar-refractivity contribution < 1.29 is 9.47 Å². The predicted molar refractivity (Wildman–Crippen MR) is 85.4 cm³/mol. The highest BCUT2D eigenvalue weighted by Crippen LogP contribution is 2.37. The number of methoxy groups -OCH3 is 2. The summed E-state index contributed by atoms with van der Waals surface area (Å²) in [7, 11) is 5.18. The van der Waals surface area contributed by atoms with Crippen LogP contribution in [0.15, 0.2) is 24.3 Å². The molecule has 20 heavy (non-hydrogen) atoms. The Bertz CT molecular complexity index is 601. The van der Waals surface area contributed by atoms with Gasteiger partial charge in [0.15, 0.2) is 11.5 Å². The molecule has 0 saturated heterocycles. The first-order valence-corrected chi connectivity index (χ1v) is 7.21. The maximum atomic E-state index is 6.08. The predicted octanol–water partition coefficient (Wildman–Crippen LogP) is 3.64. The molecule has 2 aromatic rings. The molecular weight excluding hydrogens is 296 g/mol. The van der Waals surface area contributed by atoms with Crippen molar-refractivity contribution in [1.82, 2.24) is 0 Å². The van der Waals surface area contributed by atoms with Crippen molar-refractivity contribution in [2.24, 2.45) is 0 Å². The molecule has 0 fully saturated rings. The number of nitrogen functional groups attached to an aromatic ring is 1. The summed E-state index contributed by atoms with van der Waals surface area (Å²) < 4.78 is 11.3. The summed E-state index contributed by atoms with van der Waals surface area (Å²) >= 11 is 7.51. The van der Waals surface area contributed by atoms with Gasteiger partial charge < -0.3 is 20.1 Å². The van der Waals surface area contributed by atoms with Gasteiger partial charge in [-0.15, -0.1) is 11.3 Å². The number of thiophene rings is 1. The van der Waals surface area contributed by atoms with Gasteiger partial charge in [0.2, 0.25) is 0 Å². The zero-order chi connectivity index (χ0) is 14.7. The molecule has 4 nitrogen and oxygen atoms in total. The van der Waals surface area contributed by atoms with Gasteiger partial charge in [0.05, 0.1) is 36.5 Å². The highest BCUT2D eigenvalue weighted by Gasteiger charge is 2.13. The van der Waals surface area contributed by atoms with Crippen LogP contribution < -0.4 is 20.1 Å². The van der Waals surface area contributed by atoms with Crippen LogP contribution in [0.3, 0.4) is 0 Å². The minimum atomic E-state index is 0.626. The molecule has 0 bridgehead atoms. The number of nitrogens with two attached hydrogens (primary N) is 1. The molecule has 6 heteroatoms. The first-order chi connectivity index (χ1) is 9.55. The maximum Gasteiger partial charge on any atom is 0.162 e. The third-order valence-electron chi connectivity index (χ3n) is 2.97. The Morgan fingerprint density at radius 3 is 2.40 bits per heavy atom. The van der Waals surface area contributed by atoms with Crippen molar-refractivity contribution in [3.63, 3.8) is 0 Å². The minimum Gasteiger partial charge on any atom is -0.493 e. The van der Waals surface area contributed by atoms with Crippen molar-refractivity contribution in [3.8, 4) is 11.5 Å². The lowest BCUT2D eigenvalue weighted by atomic mass is 10.2. The summed E-state index contributed by atoms with van der Waals surface area (Å²) in [4.78, 5) is 3.23. The molecule has 2 rings (SSSR count). The Labute approximate surface area is 127 Å².